The Kier molecular flexibility index (Phi) is 6.25. The van der Waals surface area contributed by atoms with E-state index in [1.807, 2.05) is 70.2 Å². The second-order valence-electron chi connectivity index (χ2n) is 8.29. The Labute approximate surface area is 198 Å². The molecule has 0 aliphatic carbocycles. The van der Waals surface area contributed by atoms with Gasteiger partial charge in [0.15, 0.2) is 0 Å². The van der Waals surface area contributed by atoms with Gasteiger partial charge in [-0.15, -0.1) is 0 Å². The Balaban J connectivity index is 1.76. The van der Waals surface area contributed by atoms with Crippen LogP contribution >= 0.6 is 11.6 Å². The zero-order valence-corrected chi connectivity index (χ0v) is 19.7. The quantitative estimate of drug-likeness (QED) is 0.449. The highest BCUT2D eigenvalue weighted by Gasteiger charge is 2.40. The minimum absolute atomic E-state index is 0.0601. The summed E-state index contributed by atoms with van der Waals surface area (Å²) in [6, 6.07) is 19.7. The van der Waals surface area contributed by atoms with Crippen LogP contribution in [0.15, 0.2) is 72.4 Å². The van der Waals surface area contributed by atoms with Crippen LogP contribution in [0.4, 0.5) is 11.4 Å². The van der Waals surface area contributed by atoms with E-state index in [9.17, 15) is 9.59 Å². The average Bonchev–Trinajstić information content (AvgIpc) is 3.01. The van der Waals surface area contributed by atoms with Crippen molar-refractivity contribution in [2.24, 2.45) is 0 Å². The Morgan fingerprint density at radius 1 is 0.848 bits per heavy atom. The molecule has 0 saturated heterocycles. The van der Waals surface area contributed by atoms with Crippen LogP contribution in [0.2, 0.25) is 5.02 Å². The number of halogens is 1. The van der Waals surface area contributed by atoms with Crippen LogP contribution < -0.4 is 15.0 Å². The monoisotopic (exact) mass is 460 g/mol. The van der Waals surface area contributed by atoms with Crippen molar-refractivity contribution >= 4 is 40.4 Å². The first-order valence-electron chi connectivity index (χ1n) is 10.7. The molecule has 2 amide bonds. The van der Waals surface area contributed by atoms with E-state index in [2.05, 4.69) is 5.32 Å². The third-order valence-electron chi connectivity index (χ3n) is 5.46. The summed E-state index contributed by atoms with van der Waals surface area (Å²) < 4.78 is 5.70. The number of rotatable bonds is 6. The molecule has 0 aromatic heterocycles. The third-order valence-corrected chi connectivity index (χ3v) is 5.71. The van der Waals surface area contributed by atoms with Gasteiger partial charge in [0, 0.05) is 10.7 Å². The molecule has 0 fully saturated rings. The van der Waals surface area contributed by atoms with Gasteiger partial charge in [0.1, 0.15) is 11.4 Å². The van der Waals surface area contributed by atoms with Crippen molar-refractivity contribution < 1.29 is 14.3 Å². The molecule has 3 aromatic rings. The fourth-order valence-electron chi connectivity index (χ4n) is 3.67. The zero-order valence-electron chi connectivity index (χ0n) is 19.0. The second kappa shape index (κ2) is 9.12. The summed E-state index contributed by atoms with van der Waals surface area (Å²) in [5.41, 5.74) is 4.56. The molecular weight excluding hydrogens is 436 g/mol. The molecule has 4 rings (SSSR count). The maximum Gasteiger partial charge on any atom is 0.282 e. The lowest BCUT2D eigenvalue weighted by Crippen LogP contribution is -2.32. The van der Waals surface area contributed by atoms with Gasteiger partial charge < -0.3 is 10.1 Å². The third kappa shape index (κ3) is 4.64. The first kappa shape index (κ1) is 22.6. The van der Waals surface area contributed by atoms with E-state index in [0.29, 0.717) is 27.5 Å². The van der Waals surface area contributed by atoms with Crippen molar-refractivity contribution in [3.05, 3.63) is 94.1 Å². The van der Waals surface area contributed by atoms with Crippen LogP contribution in [0.25, 0.3) is 5.57 Å². The Hall–Kier alpha value is -3.57. The van der Waals surface area contributed by atoms with E-state index in [1.165, 1.54) is 4.90 Å². The van der Waals surface area contributed by atoms with Gasteiger partial charge in [0.25, 0.3) is 11.8 Å². The largest absolute Gasteiger partial charge is 0.491 e. The van der Waals surface area contributed by atoms with Gasteiger partial charge in [-0.05, 0) is 92.9 Å². The van der Waals surface area contributed by atoms with Gasteiger partial charge >= 0.3 is 0 Å². The molecule has 0 unspecified atom stereocenters. The van der Waals surface area contributed by atoms with E-state index >= 15 is 0 Å². The lowest BCUT2D eigenvalue weighted by molar-refractivity contribution is -0.120. The van der Waals surface area contributed by atoms with Crippen LogP contribution in [0, 0.1) is 13.8 Å². The average molecular weight is 461 g/mol. The second-order valence-corrected chi connectivity index (χ2v) is 8.72. The maximum atomic E-state index is 13.5. The minimum Gasteiger partial charge on any atom is -0.491 e. The zero-order chi connectivity index (χ0) is 23.7. The number of imide groups is 1. The molecule has 0 bridgehead atoms. The summed E-state index contributed by atoms with van der Waals surface area (Å²) in [4.78, 5) is 28.2. The first-order chi connectivity index (χ1) is 15.7. The van der Waals surface area contributed by atoms with E-state index in [1.54, 1.807) is 24.3 Å². The smallest absolute Gasteiger partial charge is 0.282 e. The number of hydrogen-bond donors (Lipinski definition) is 1. The van der Waals surface area contributed by atoms with Crippen LogP contribution in [0.5, 0.6) is 5.75 Å². The first-order valence-corrected chi connectivity index (χ1v) is 11.1. The van der Waals surface area contributed by atoms with E-state index in [4.69, 9.17) is 16.3 Å². The van der Waals surface area contributed by atoms with Gasteiger partial charge in [-0.2, -0.15) is 0 Å². The lowest BCUT2D eigenvalue weighted by atomic mass is 9.99. The standard InChI is InChI=1S/C27H25ClN2O3/c1-16(2)33-23-13-9-21(10-14-23)29-25-24(19-6-5-17(3)18(4)15-19)26(31)30(27(25)32)22-11-7-20(28)8-12-22/h5-16,29H,1-4H3. The highest BCUT2D eigenvalue weighted by Crippen LogP contribution is 2.35. The Morgan fingerprint density at radius 3 is 2.12 bits per heavy atom. The van der Waals surface area contributed by atoms with Crippen molar-refractivity contribution in [2.45, 2.75) is 33.8 Å². The lowest BCUT2D eigenvalue weighted by Gasteiger charge is -2.15. The molecule has 0 spiro atoms. The van der Waals surface area contributed by atoms with Gasteiger partial charge in [0.05, 0.1) is 17.4 Å². The summed E-state index contributed by atoms with van der Waals surface area (Å²) in [5, 5.41) is 3.71. The maximum absolute atomic E-state index is 13.5. The fraction of sp³-hybridized carbons (Fsp3) is 0.185. The summed E-state index contributed by atoms with van der Waals surface area (Å²) in [7, 11) is 0. The number of aryl methyl sites for hydroxylation is 2. The van der Waals surface area contributed by atoms with Crippen molar-refractivity contribution in [3.8, 4) is 5.75 Å². The van der Waals surface area contributed by atoms with Crippen LogP contribution in [0.1, 0.15) is 30.5 Å². The molecule has 33 heavy (non-hydrogen) atoms. The van der Waals surface area contributed by atoms with Gasteiger partial charge in [0.2, 0.25) is 0 Å². The van der Waals surface area contributed by atoms with Crippen molar-refractivity contribution in [1.29, 1.82) is 0 Å². The molecule has 168 valence electrons. The fourth-order valence-corrected chi connectivity index (χ4v) is 3.79. The van der Waals surface area contributed by atoms with E-state index in [0.717, 1.165) is 16.9 Å². The summed E-state index contributed by atoms with van der Waals surface area (Å²) in [6.45, 7) is 7.91. The van der Waals surface area contributed by atoms with Gasteiger partial charge in [-0.25, -0.2) is 4.90 Å². The Morgan fingerprint density at radius 2 is 1.52 bits per heavy atom. The Bertz CT molecular complexity index is 1250. The molecule has 1 N–H and O–H groups in total. The van der Waals surface area contributed by atoms with Crippen LogP contribution in [-0.2, 0) is 9.59 Å². The molecule has 6 heteroatoms. The highest BCUT2D eigenvalue weighted by atomic mass is 35.5. The molecule has 1 heterocycles. The molecule has 1 aliphatic heterocycles. The van der Waals surface area contributed by atoms with E-state index < -0.39 is 5.91 Å². The highest BCUT2D eigenvalue weighted by molar-refractivity contribution is 6.46. The molecule has 0 atom stereocenters. The van der Waals surface area contributed by atoms with Crippen molar-refractivity contribution in [1.82, 2.24) is 0 Å². The SMILES string of the molecule is Cc1ccc(C2=C(Nc3ccc(OC(C)C)cc3)C(=O)N(c3ccc(Cl)cc3)C2=O)cc1C. The number of ether oxygens (including phenoxy) is 1. The number of hydrogen-bond acceptors (Lipinski definition) is 4. The topological polar surface area (TPSA) is 58.6 Å². The van der Waals surface area contributed by atoms with Crippen molar-refractivity contribution in [2.75, 3.05) is 10.2 Å². The molecular formula is C27H25ClN2O3. The number of carbonyl (C=O) groups excluding carboxylic acids is 2. The number of amides is 2. The van der Waals surface area contributed by atoms with Crippen LogP contribution in [-0.4, -0.2) is 17.9 Å². The van der Waals surface area contributed by atoms with Crippen molar-refractivity contribution in [3.63, 3.8) is 0 Å². The normalized spacial score (nSPS) is 13.8. The molecule has 0 radical (unpaired) electrons. The number of anilines is 2. The predicted octanol–water partition coefficient (Wildman–Crippen LogP) is 6.14. The minimum atomic E-state index is -0.418. The summed E-state index contributed by atoms with van der Waals surface area (Å²) >= 11 is 6.01. The van der Waals surface area contributed by atoms with Gasteiger partial charge in [-0.1, -0.05) is 29.8 Å². The van der Waals surface area contributed by atoms with Crippen LogP contribution in [0.3, 0.4) is 0 Å². The molecule has 5 nitrogen and oxygen atoms in total. The van der Waals surface area contributed by atoms with Gasteiger partial charge in [-0.3, -0.25) is 9.59 Å². The molecule has 0 saturated carbocycles. The number of nitrogens with one attached hydrogen (secondary N) is 1. The number of nitrogens with zero attached hydrogens (tertiary/aromatic N) is 1. The number of benzene rings is 3. The van der Waals surface area contributed by atoms with E-state index in [-0.39, 0.29) is 17.7 Å². The summed E-state index contributed by atoms with van der Waals surface area (Å²) in [5.74, 6) is -0.0681. The molecule has 1 aliphatic rings. The summed E-state index contributed by atoms with van der Waals surface area (Å²) in [6.07, 6.45) is 0.0601. The predicted molar refractivity (Wildman–Crippen MR) is 133 cm³/mol. The number of carbonyl (C=O) groups is 2. The molecule has 3 aromatic carbocycles.